The summed E-state index contributed by atoms with van der Waals surface area (Å²) in [5.41, 5.74) is 8.76. The Balaban J connectivity index is 1.36. The summed E-state index contributed by atoms with van der Waals surface area (Å²) in [5, 5.41) is 3.51. The smallest absolute Gasteiger partial charge is 0.306 e. The number of esters is 1. The van der Waals surface area contributed by atoms with E-state index in [2.05, 4.69) is 53.0 Å². The van der Waals surface area contributed by atoms with Crippen molar-refractivity contribution in [1.29, 1.82) is 0 Å². The van der Waals surface area contributed by atoms with Crippen LogP contribution in [0.4, 0.5) is 5.69 Å². The van der Waals surface area contributed by atoms with Gasteiger partial charge in [0.25, 0.3) is 0 Å². The number of aromatic nitrogens is 2. The monoisotopic (exact) mass is 441 g/mol. The molecule has 33 heavy (non-hydrogen) atoms. The van der Waals surface area contributed by atoms with Crippen LogP contribution in [0.25, 0.3) is 16.7 Å². The lowest BCUT2D eigenvalue weighted by Crippen LogP contribution is -2.11. The number of rotatable bonds is 6. The maximum Gasteiger partial charge on any atom is 0.306 e. The topological polar surface area (TPSA) is 65.4 Å². The minimum atomic E-state index is -0.325. The number of nitrogens with zero attached hydrogens (tertiary/aromatic N) is 2. The third-order valence-corrected chi connectivity index (χ3v) is 6.24. The molecule has 1 atom stereocenters. The molecule has 0 saturated carbocycles. The van der Waals surface area contributed by atoms with E-state index in [4.69, 9.17) is 9.47 Å². The van der Waals surface area contributed by atoms with Crippen LogP contribution in [0, 0.1) is 13.8 Å². The molecule has 3 aromatic carbocycles. The number of anilines is 1. The van der Waals surface area contributed by atoms with Gasteiger partial charge in [0.15, 0.2) is 6.10 Å². The predicted molar refractivity (Wildman–Crippen MR) is 129 cm³/mol. The first-order valence-corrected chi connectivity index (χ1v) is 11.3. The summed E-state index contributed by atoms with van der Waals surface area (Å²) in [6, 6.07) is 18.5. The van der Waals surface area contributed by atoms with E-state index in [9.17, 15) is 4.79 Å². The van der Waals surface area contributed by atoms with E-state index in [0.717, 1.165) is 33.7 Å². The SMILES string of the molecule is CCC(=O)O[C@@H]1COc2cc(NCc3cccc(-n4cnc5cccc(C)c54)c3C)ccc21. The quantitative estimate of drug-likeness (QED) is 0.392. The van der Waals surface area contributed by atoms with E-state index in [1.807, 2.05) is 36.7 Å². The van der Waals surface area contributed by atoms with Gasteiger partial charge in [-0.15, -0.1) is 0 Å². The summed E-state index contributed by atoms with van der Waals surface area (Å²) in [6.07, 6.45) is 1.93. The Hall–Kier alpha value is -3.80. The highest BCUT2D eigenvalue weighted by atomic mass is 16.6. The van der Waals surface area contributed by atoms with Crippen LogP contribution >= 0.6 is 0 Å². The Morgan fingerprint density at radius 2 is 2.03 bits per heavy atom. The number of fused-ring (bicyclic) bond motifs is 2. The minimum absolute atomic E-state index is 0.213. The van der Waals surface area contributed by atoms with Crippen molar-refractivity contribution < 1.29 is 14.3 Å². The highest BCUT2D eigenvalue weighted by molar-refractivity contribution is 5.81. The van der Waals surface area contributed by atoms with Gasteiger partial charge in [0, 0.05) is 30.3 Å². The molecular weight excluding hydrogens is 414 g/mol. The van der Waals surface area contributed by atoms with Gasteiger partial charge in [-0.05, 0) is 54.8 Å². The summed E-state index contributed by atoms with van der Waals surface area (Å²) >= 11 is 0. The molecule has 6 nitrogen and oxygen atoms in total. The molecule has 0 spiro atoms. The van der Waals surface area contributed by atoms with Crippen LogP contribution in [0.15, 0.2) is 60.9 Å². The number of imidazole rings is 1. The van der Waals surface area contributed by atoms with Gasteiger partial charge in [-0.3, -0.25) is 9.36 Å². The number of hydrogen-bond donors (Lipinski definition) is 1. The molecule has 1 aliphatic rings. The molecule has 5 rings (SSSR count). The maximum absolute atomic E-state index is 11.6. The summed E-state index contributed by atoms with van der Waals surface area (Å²) in [7, 11) is 0. The second-order valence-electron chi connectivity index (χ2n) is 8.37. The number of benzene rings is 3. The normalized spacial score (nSPS) is 14.7. The first kappa shape index (κ1) is 21.1. The molecule has 0 radical (unpaired) electrons. The fourth-order valence-corrected chi connectivity index (χ4v) is 4.37. The van der Waals surface area contributed by atoms with Crippen molar-refractivity contribution >= 4 is 22.7 Å². The van der Waals surface area contributed by atoms with Gasteiger partial charge in [-0.25, -0.2) is 4.98 Å². The number of carbonyl (C=O) groups is 1. The van der Waals surface area contributed by atoms with Gasteiger partial charge in [0.1, 0.15) is 18.7 Å². The lowest BCUT2D eigenvalue weighted by Gasteiger charge is -2.15. The number of nitrogens with one attached hydrogen (secondary N) is 1. The van der Waals surface area contributed by atoms with Crippen LogP contribution in [0.2, 0.25) is 0 Å². The summed E-state index contributed by atoms with van der Waals surface area (Å²) < 4.78 is 13.4. The average Bonchev–Trinajstić information content (AvgIpc) is 3.43. The lowest BCUT2D eigenvalue weighted by atomic mass is 10.1. The molecule has 1 N–H and O–H groups in total. The largest absolute Gasteiger partial charge is 0.489 e. The van der Waals surface area contributed by atoms with Crippen molar-refractivity contribution in [2.45, 2.75) is 39.8 Å². The van der Waals surface area contributed by atoms with E-state index in [1.165, 1.54) is 16.7 Å². The molecule has 168 valence electrons. The molecule has 0 fully saturated rings. The first-order valence-electron chi connectivity index (χ1n) is 11.3. The van der Waals surface area contributed by atoms with Gasteiger partial charge < -0.3 is 14.8 Å². The molecule has 1 aromatic heterocycles. The zero-order chi connectivity index (χ0) is 22.9. The average molecular weight is 442 g/mol. The fourth-order valence-electron chi connectivity index (χ4n) is 4.37. The summed E-state index contributed by atoms with van der Waals surface area (Å²) in [6.45, 7) is 7.10. The third-order valence-electron chi connectivity index (χ3n) is 6.24. The lowest BCUT2D eigenvalue weighted by molar-refractivity contribution is -0.149. The van der Waals surface area contributed by atoms with Crippen molar-refractivity contribution in [3.8, 4) is 11.4 Å². The van der Waals surface area contributed by atoms with Gasteiger partial charge >= 0.3 is 5.97 Å². The zero-order valence-corrected chi connectivity index (χ0v) is 19.1. The molecule has 0 aliphatic carbocycles. The van der Waals surface area contributed by atoms with Crippen molar-refractivity contribution in [1.82, 2.24) is 9.55 Å². The molecule has 0 bridgehead atoms. The van der Waals surface area contributed by atoms with Crippen molar-refractivity contribution in [3.63, 3.8) is 0 Å². The predicted octanol–water partition coefficient (Wildman–Crippen LogP) is 5.64. The summed E-state index contributed by atoms with van der Waals surface area (Å²) in [4.78, 5) is 16.2. The number of para-hydroxylation sites is 1. The van der Waals surface area contributed by atoms with Crippen LogP contribution in [-0.4, -0.2) is 22.1 Å². The molecule has 0 amide bonds. The number of carbonyl (C=O) groups excluding carboxylic acids is 1. The van der Waals surface area contributed by atoms with Crippen LogP contribution in [0.1, 0.15) is 41.7 Å². The standard InChI is InChI=1S/C27H27N3O3/c1-4-26(31)33-25-15-32-24-13-20(11-12-21(24)25)28-14-19-8-6-10-23(18(19)3)30-16-29-22-9-5-7-17(2)27(22)30/h5-13,16,25,28H,4,14-15H2,1-3H3/t25-/m1/s1. The highest BCUT2D eigenvalue weighted by Crippen LogP contribution is 2.37. The van der Waals surface area contributed by atoms with Crippen LogP contribution in [0.5, 0.6) is 5.75 Å². The highest BCUT2D eigenvalue weighted by Gasteiger charge is 2.27. The van der Waals surface area contributed by atoms with Crippen LogP contribution < -0.4 is 10.1 Å². The van der Waals surface area contributed by atoms with Gasteiger partial charge in [0.2, 0.25) is 0 Å². The molecule has 4 aromatic rings. The Morgan fingerprint density at radius 3 is 2.88 bits per heavy atom. The fraction of sp³-hybridized carbons (Fsp3) is 0.259. The molecule has 2 heterocycles. The van der Waals surface area contributed by atoms with E-state index in [-0.39, 0.29) is 12.1 Å². The molecule has 0 saturated heterocycles. The van der Waals surface area contributed by atoms with E-state index >= 15 is 0 Å². The van der Waals surface area contributed by atoms with Gasteiger partial charge in [-0.2, -0.15) is 0 Å². The van der Waals surface area contributed by atoms with E-state index in [0.29, 0.717) is 19.6 Å². The second-order valence-corrected chi connectivity index (χ2v) is 8.37. The Bertz CT molecular complexity index is 1340. The number of ether oxygens (including phenoxy) is 2. The second kappa shape index (κ2) is 8.62. The molecule has 6 heteroatoms. The van der Waals surface area contributed by atoms with Crippen molar-refractivity contribution in [2.24, 2.45) is 0 Å². The molecule has 0 unspecified atom stereocenters. The number of hydrogen-bond acceptors (Lipinski definition) is 5. The maximum atomic E-state index is 11.6. The van der Waals surface area contributed by atoms with Crippen molar-refractivity contribution in [2.75, 3.05) is 11.9 Å². The molecule has 1 aliphatic heterocycles. The molecular formula is C27H27N3O3. The van der Waals surface area contributed by atoms with E-state index < -0.39 is 0 Å². The third kappa shape index (κ3) is 3.93. The minimum Gasteiger partial charge on any atom is -0.489 e. The summed E-state index contributed by atoms with van der Waals surface area (Å²) in [5.74, 6) is 0.551. The van der Waals surface area contributed by atoms with E-state index in [1.54, 1.807) is 6.92 Å². The Labute approximate surface area is 193 Å². The van der Waals surface area contributed by atoms with Gasteiger partial charge in [0.05, 0.1) is 16.7 Å². The Kier molecular flexibility index (Phi) is 5.50. The first-order chi connectivity index (χ1) is 16.0. The van der Waals surface area contributed by atoms with Gasteiger partial charge in [-0.1, -0.05) is 31.2 Å². The Morgan fingerprint density at radius 1 is 1.18 bits per heavy atom. The zero-order valence-electron chi connectivity index (χ0n) is 19.1. The van der Waals surface area contributed by atoms with Crippen LogP contribution in [0.3, 0.4) is 0 Å². The van der Waals surface area contributed by atoms with Crippen molar-refractivity contribution in [3.05, 3.63) is 83.2 Å². The van der Waals surface area contributed by atoms with Crippen LogP contribution in [-0.2, 0) is 16.1 Å². The number of aryl methyl sites for hydroxylation is 1.